The van der Waals surface area contributed by atoms with Crippen molar-refractivity contribution < 1.29 is 0 Å². The third-order valence-corrected chi connectivity index (χ3v) is 0.220. The second-order valence-electron chi connectivity index (χ2n) is 0.564. The predicted octanol–water partition coefficient (Wildman–Crippen LogP) is -0.203. The molecule has 0 aliphatic rings. The van der Waals surface area contributed by atoms with Gasteiger partial charge in [0, 0.05) is 5.92 Å². The summed E-state index contributed by atoms with van der Waals surface area (Å²) in [6.45, 7) is 0. The van der Waals surface area contributed by atoms with E-state index in [1.807, 2.05) is 12.0 Å². The van der Waals surface area contributed by atoms with E-state index in [1.165, 1.54) is 6.07 Å². The molecule has 2 N–H and O–H groups in total. The third-order valence-electron chi connectivity index (χ3n) is 0.220. The van der Waals surface area contributed by atoms with E-state index >= 15 is 0 Å². The molecule has 0 aliphatic heterocycles. The first-order valence-corrected chi connectivity index (χ1v) is 1.41. The van der Waals surface area contributed by atoms with Crippen molar-refractivity contribution in [3.05, 3.63) is 0 Å². The molecular formula is C3H2N4. The highest BCUT2D eigenvalue weighted by Gasteiger charge is 1.52. The summed E-state index contributed by atoms with van der Waals surface area (Å²) in [6.07, 6.45) is 0. The lowest BCUT2D eigenvalue weighted by atomic mass is 10.8. The standard InChI is InChI=1S/C3H2N4/c4-2-1-3-6-7-5/h(H2,5,6). The van der Waals surface area contributed by atoms with Crippen LogP contribution in [-0.4, -0.2) is 0 Å². The first-order valence-electron chi connectivity index (χ1n) is 1.41. The van der Waals surface area contributed by atoms with Gasteiger partial charge in [-0.3, -0.25) is 0 Å². The van der Waals surface area contributed by atoms with Gasteiger partial charge >= 0.3 is 0 Å². The molecule has 4 nitrogen and oxygen atoms in total. The van der Waals surface area contributed by atoms with Gasteiger partial charge in [0.15, 0.2) is 6.07 Å². The molecule has 0 saturated carbocycles. The zero-order chi connectivity index (χ0) is 5.54. The summed E-state index contributed by atoms with van der Waals surface area (Å²) in [5.74, 6) is 6.48. The van der Waals surface area contributed by atoms with Crippen LogP contribution in [0.1, 0.15) is 0 Å². The zero-order valence-corrected chi connectivity index (χ0v) is 3.42. The van der Waals surface area contributed by atoms with Crippen molar-refractivity contribution >= 4 is 0 Å². The molecule has 0 saturated heterocycles. The first kappa shape index (κ1) is 5.45. The third kappa shape index (κ3) is 4.45. The van der Waals surface area contributed by atoms with E-state index in [9.17, 15) is 0 Å². The summed E-state index contributed by atoms with van der Waals surface area (Å²) in [4.78, 5) is 0. The van der Waals surface area contributed by atoms with E-state index in [4.69, 9.17) is 5.26 Å². The van der Waals surface area contributed by atoms with E-state index in [0.29, 0.717) is 0 Å². The summed E-state index contributed by atoms with van der Waals surface area (Å²) >= 11 is 0. The van der Waals surface area contributed by atoms with Crippen LogP contribution in [0.2, 0.25) is 0 Å². The summed E-state index contributed by atoms with van der Waals surface area (Å²) in [6, 6.07) is 3.54. The molecule has 0 atom stereocenters. The average molecular weight is 94.1 g/mol. The van der Waals surface area contributed by atoms with Gasteiger partial charge in [0.25, 0.3) is 0 Å². The van der Waals surface area contributed by atoms with Gasteiger partial charge in [-0.15, -0.1) is 0 Å². The lowest BCUT2D eigenvalue weighted by molar-refractivity contribution is 1.08. The van der Waals surface area contributed by atoms with Crippen LogP contribution >= 0.6 is 0 Å². The Balaban J connectivity index is 3.52. The minimum Gasteiger partial charge on any atom is -0.304 e. The molecular weight excluding hydrogens is 92.1 g/mol. The number of hydrogen-bond donors (Lipinski definition) is 1. The Hall–Kier alpha value is -1.55. The molecule has 0 rings (SSSR count). The van der Waals surface area contributed by atoms with Gasteiger partial charge in [0.2, 0.25) is 0 Å². The van der Waals surface area contributed by atoms with E-state index in [2.05, 4.69) is 16.2 Å². The Morgan fingerprint density at radius 2 is 2.29 bits per heavy atom. The highest BCUT2D eigenvalue weighted by molar-refractivity contribution is 5.14. The maximum atomic E-state index is 7.73. The lowest BCUT2D eigenvalue weighted by Crippen LogP contribution is -1.70. The largest absolute Gasteiger partial charge is 0.304 e. The smallest absolute Gasteiger partial charge is 0.154 e. The van der Waals surface area contributed by atoms with Crippen molar-refractivity contribution in [1.82, 2.24) is 0 Å². The van der Waals surface area contributed by atoms with Crippen LogP contribution in [0, 0.1) is 23.3 Å². The fourth-order valence-corrected chi connectivity index (χ4v) is 0.0789. The second kappa shape index (κ2) is 4.45. The van der Waals surface area contributed by atoms with Gasteiger partial charge < -0.3 is 5.84 Å². The van der Waals surface area contributed by atoms with Gasteiger partial charge in [-0.2, -0.15) is 5.26 Å². The topological polar surface area (TPSA) is 74.5 Å². The molecule has 0 aromatic rings. The average Bonchev–Trinajstić information content (AvgIpc) is 1.69. The SMILES string of the molecule is N#CC#CN=NN. The summed E-state index contributed by atoms with van der Waals surface area (Å²) in [5.41, 5.74) is 0. The molecule has 0 aromatic carbocycles. The Morgan fingerprint density at radius 1 is 1.57 bits per heavy atom. The van der Waals surface area contributed by atoms with Gasteiger partial charge in [0.1, 0.15) is 0 Å². The van der Waals surface area contributed by atoms with Crippen molar-refractivity contribution in [2.24, 2.45) is 16.2 Å². The Labute approximate surface area is 40.6 Å². The van der Waals surface area contributed by atoms with Gasteiger partial charge in [-0.25, -0.2) is 0 Å². The van der Waals surface area contributed by atoms with Crippen LogP contribution in [0.15, 0.2) is 10.3 Å². The highest BCUT2D eigenvalue weighted by Crippen LogP contribution is 1.56. The van der Waals surface area contributed by atoms with Gasteiger partial charge in [-0.05, 0) is 0 Å². The number of rotatable bonds is 0. The summed E-state index contributed by atoms with van der Waals surface area (Å²) in [7, 11) is 0. The first-order chi connectivity index (χ1) is 3.41. The van der Waals surface area contributed by atoms with Crippen LogP contribution in [0.3, 0.4) is 0 Å². The molecule has 34 valence electrons. The molecule has 0 radical (unpaired) electrons. The molecule has 0 bridgehead atoms. The number of hydrogen-bond acceptors (Lipinski definition) is 3. The van der Waals surface area contributed by atoms with E-state index in [1.54, 1.807) is 0 Å². The number of nitrogens with zero attached hydrogens (tertiary/aromatic N) is 3. The van der Waals surface area contributed by atoms with Crippen LogP contribution < -0.4 is 5.84 Å². The maximum Gasteiger partial charge on any atom is 0.154 e. The van der Waals surface area contributed by atoms with Crippen LogP contribution in [-0.2, 0) is 0 Å². The fraction of sp³-hybridized carbons (Fsp3) is 0. The molecule has 0 fully saturated rings. The van der Waals surface area contributed by atoms with Crippen molar-refractivity contribution in [3.63, 3.8) is 0 Å². The van der Waals surface area contributed by atoms with E-state index in [0.717, 1.165) is 0 Å². The van der Waals surface area contributed by atoms with Crippen molar-refractivity contribution in [1.29, 1.82) is 5.26 Å². The van der Waals surface area contributed by atoms with Crippen LogP contribution in [0.25, 0.3) is 0 Å². The molecule has 0 aliphatic carbocycles. The minimum atomic E-state index is 1.53. The normalized spacial score (nSPS) is 6.71. The molecule has 0 spiro atoms. The molecule has 0 aromatic heterocycles. The molecule has 7 heavy (non-hydrogen) atoms. The number of nitriles is 1. The molecule has 0 amide bonds. The monoisotopic (exact) mass is 94.0 g/mol. The van der Waals surface area contributed by atoms with E-state index in [-0.39, 0.29) is 0 Å². The van der Waals surface area contributed by atoms with E-state index < -0.39 is 0 Å². The van der Waals surface area contributed by atoms with Crippen molar-refractivity contribution in [3.8, 4) is 18.0 Å². The highest BCUT2D eigenvalue weighted by atomic mass is 15.3. The maximum absolute atomic E-state index is 7.73. The minimum absolute atomic E-state index is 1.53. The summed E-state index contributed by atoms with van der Waals surface area (Å²) < 4.78 is 0. The summed E-state index contributed by atoms with van der Waals surface area (Å²) in [5, 5.41) is 13.5. The fourth-order valence-electron chi connectivity index (χ4n) is 0.0789. The quantitative estimate of drug-likeness (QED) is 0.195. The van der Waals surface area contributed by atoms with Crippen LogP contribution in [0.5, 0.6) is 0 Å². The predicted molar refractivity (Wildman–Crippen MR) is 22.4 cm³/mol. The Bertz CT molecular complexity index is 152. The Kier molecular flexibility index (Phi) is 3.46. The van der Waals surface area contributed by atoms with Gasteiger partial charge in [0.05, 0.1) is 6.04 Å². The lowest BCUT2D eigenvalue weighted by Gasteiger charge is -1.57. The number of nitrogens with two attached hydrogens (primary N) is 1. The second-order valence-corrected chi connectivity index (χ2v) is 0.564. The molecule has 4 heteroatoms. The van der Waals surface area contributed by atoms with Crippen molar-refractivity contribution in [2.45, 2.75) is 0 Å². The Morgan fingerprint density at radius 3 is 2.71 bits per heavy atom. The van der Waals surface area contributed by atoms with Gasteiger partial charge in [-0.1, -0.05) is 10.3 Å². The zero-order valence-electron chi connectivity index (χ0n) is 3.42. The van der Waals surface area contributed by atoms with Crippen molar-refractivity contribution in [2.75, 3.05) is 0 Å². The van der Waals surface area contributed by atoms with Crippen LogP contribution in [0.4, 0.5) is 0 Å². The molecule has 0 heterocycles. The molecule has 0 unspecified atom stereocenters.